The van der Waals surface area contributed by atoms with Gasteiger partial charge in [-0.15, -0.1) is 0 Å². The molecule has 17 heavy (non-hydrogen) atoms. The van der Waals surface area contributed by atoms with Crippen molar-refractivity contribution in [3.63, 3.8) is 0 Å². The van der Waals surface area contributed by atoms with Gasteiger partial charge in [-0.3, -0.25) is 9.59 Å². The fraction of sp³-hybridized carbons (Fsp3) is 0.714. The lowest BCUT2D eigenvalue weighted by atomic mass is 9.88. The molecular formula is C14H22O3. The van der Waals surface area contributed by atoms with Crippen LogP contribution >= 0.6 is 0 Å². The Hall–Kier alpha value is -1.12. The topological polar surface area (TPSA) is 54.4 Å². The van der Waals surface area contributed by atoms with Crippen molar-refractivity contribution in [1.82, 2.24) is 0 Å². The maximum Gasteiger partial charge on any atom is 0.303 e. The van der Waals surface area contributed by atoms with E-state index in [-0.39, 0.29) is 12.3 Å². The van der Waals surface area contributed by atoms with Crippen LogP contribution in [0.15, 0.2) is 12.2 Å². The van der Waals surface area contributed by atoms with Crippen LogP contribution in [0.5, 0.6) is 0 Å². The summed E-state index contributed by atoms with van der Waals surface area (Å²) in [5.74, 6) is 0.179. The van der Waals surface area contributed by atoms with Gasteiger partial charge in [0, 0.05) is 18.8 Å². The molecule has 0 unspecified atom stereocenters. The molecule has 0 saturated heterocycles. The number of carboxylic acids is 1. The number of aliphatic carboxylic acids is 1. The van der Waals surface area contributed by atoms with Crippen molar-refractivity contribution in [1.29, 1.82) is 0 Å². The van der Waals surface area contributed by atoms with Gasteiger partial charge in [0.15, 0.2) is 0 Å². The SMILES string of the molecule is CC/C=C\C[C@@H]1C(=O)CC[C@@H]1CCCC(=O)O. The maximum atomic E-state index is 11.7. The standard InChI is InChI=1S/C14H22O3/c1-2-3-4-7-12-11(9-10-13(12)15)6-5-8-14(16)17/h3-4,11-12H,2,5-10H2,1H3,(H,16,17)/b4-3-/t11-,12-/m0/s1. The molecule has 0 bridgehead atoms. The molecule has 0 aromatic rings. The van der Waals surface area contributed by atoms with Crippen molar-refractivity contribution in [3.8, 4) is 0 Å². The second-order valence-corrected chi connectivity index (χ2v) is 4.77. The Morgan fingerprint density at radius 3 is 2.88 bits per heavy atom. The Balaban J connectivity index is 2.38. The lowest BCUT2D eigenvalue weighted by Gasteiger charge is -2.16. The van der Waals surface area contributed by atoms with E-state index in [1.54, 1.807) is 0 Å². The molecule has 3 nitrogen and oxygen atoms in total. The van der Waals surface area contributed by atoms with Gasteiger partial charge >= 0.3 is 5.97 Å². The number of carboxylic acid groups (broad SMARTS) is 1. The first-order valence-electron chi connectivity index (χ1n) is 6.54. The Morgan fingerprint density at radius 2 is 2.24 bits per heavy atom. The van der Waals surface area contributed by atoms with Crippen molar-refractivity contribution in [2.24, 2.45) is 11.8 Å². The van der Waals surface area contributed by atoms with E-state index in [2.05, 4.69) is 19.1 Å². The molecule has 0 aromatic carbocycles. The fourth-order valence-electron chi connectivity index (χ4n) is 2.57. The van der Waals surface area contributed by atoms with Crippen molar-refractivity contribution in [2.75, 3.05) is 0 Å². The molecule has 0 aliphatic heterocycles. The number of ketones is 1. The molecule has 3 heteroatoms. The predicted octanol–water partition coefficient (Wildman–Crippen LogP) is 3.19. The van der Waals surface area contributed by atoms with Crippen molar-refractivity contribution < 1.29 is 14.7 Å². The van der Waals surface area contributed by atoms with E-state index in [4.69, 9.17) is 5.11 Å². The predicted molar refractivity (Wildman–Crippen MR) is 66.8 cm³/mol. The fourth-order valence-corrected chi connectivity index (χ4v) is 2.57. The summed E-state index contributed by atoms with van der Waals surface area (Å²) in [5, 5.41) is 8.60. The quantitative estimate of drug-likeness (QED) is 0.693. The maximum absolute atomic E-state index is 11.7. The summed E-state index contributed by atoms with van der Waals surface area (Å²) in [7, 11) is 0. The molecule has 1 saturated carbocycles. The summed E-state index contributed by atoms with van der Waals surface area (Å²) in [6.07, 6.45) is 9.46. The molecular weight excluding hydrogens is 216 g/mol. The Labute approximate surface area is 103 Å². The average Bonchev–Trinajstić information content (AvgIpc) is 2.61. The summed E-state index contributed by atoms with van der Waals surface area (Å²) in [6, 6.07) is 0. The first kappa shape index (κ1) is 13.9. The number of hydrogen-bond donors (Lipinski definition) is 1. The minimum atomic E-state index is -0.739. The summed E-state index contributed by atoms with van der Waals surface area (Å²) in [6.45, 7) is 2.08. The highest BCUT2D eigenvalue weighted by Crippen LogP contribution is 2.35. The van der Waals surface area contributed by atoms with Gasteiger partial charge in [-0.2, -0.15) is 0 Å². The molecule has 2 atom stereocenters. The number of hydrogen-bond acceptors (Lipinski definition) is 2. The van der Waals surface area contributed by atoms with Crippen LogP contribution < -0.4 is 0 Å². The third kappa shape index (κ3) is 4.72. The first-order valence-corrected chi connectivity index (χ1v) is 6.54. The molecule has 1 aliphatic carbocycles. The van der Waals surface area contributed by atoms with E-state index in [1.165, 1.54) is 0 Å². The van der Waals surface area contributed by atoms with Crippen LogP contribution in [0.4, 0.5) is 0 Å². The number of rotatable bonds is 7. The van der Waals surface area contributed by atoms with Crippen LogP contribution in [-0.4, -0.2) is 16.9 Å². The number of carbonyl (C=O) groups excluding carboxylic acids is 1. The molecule has 1 aliphatic rings. The summed E-state index contributed by atoms with van der Waals surface area (Å²) < 4.78 is 0. The highest BCUT2D eigenvalue weighted by molar-refractivity contribution is 5.83. The molecule has 1 N–H and O–H groups in total. The Morgan fingerprint density at radius 1 is 1.47 bits per heavy atom. The van der Waals surface area contributed by atoms with Gasteiger partial charge in [0.2, 0.25) is 0 Å². The van der Waals surface area contributed by atoms with Crippen molar-refractivity contribution >= 4 is 11.8 Å². The van der Waals surface area contributed by atoms with Crippen LogP contribution in [0.2, 0.25) is 0 Å². The first-order chi connectivity index (χ1) is 8.15. The summed E-state index contributed by atoms with van der Waals surface area (Å²) >= 11 is 0. The van der Waals surface area contributed by atoms with E-state index in [9.17, 15) is 9.59 Å². The van der Waals surface area contributed by atoms with Crippen LogP contribution in [0.25, 0.3) is 0 Å². The molecule has 0 heterocycles. The zero-order valence-corrected chi connectivity index (χ0v) is 10.5. The largest absolute Gasteiger partial charge is 0.481 e. The minimum Gasteiger partial charge on any atom is -0.481 e. The number of allylic oxidation sites excluding steroid dienone is 2. The lowest BCUT2D eigenvalue weighted by molar-refractivity contribution is -0.137. The highest BCUT2D eigenvalue weighted by atomic mass is 16.4. The van der Waals surface area contributed by atoms with E-state index < -0.39 is 5.97 Å². The van der Waals surface area contributed by atoms with Gasteiger partial charge in [-0.25, -0.2) is 0 Å². The molecule has 1 rings (SSSR count). The number of Topliss-reactive ketones (excluding diaryl/α,β-unsaturated/α-hetero) is 1. The molecule has 0 aromatic heterocycles. The van der Waals surface area contributed by atoms with Crippen LogP contribution in [0.1, 0.15) is 51.9 Å². The van der Waals surface area contributed by atoms with E-state index in [0.29, 0.717) is 24.5 Å². The zero-order valence-electron chi connectivity index (χ0n) is 10.5. The van der Waals surface area contributed by atoms with Crippen molar-refractivity contribution in [3.05, 3.63) is 12.2 Å². The lowest BCUT2D eigenvalue weighted by Crippen LogP contribution is -2.14. The van der Waals surface area contributed by atoms with E-state index in [1.807, 2.05) is 0 Å². The monoisotopic (exact) mass is 238 g/mol. The molecule has 1 fully saturated rings. The highest BCUT2D eigenvalue weighted by Gasteiger charge is 2.32. The summed E-state index contributed by atoms with van der Waals surface area (Å²) in [4.78, 5) is 22.2. The number of carbonyl (C=O) groups is 2. The molecule has 0 amide bonds. The smallest absolute Gasteiger partial charge is 0.303 e. The van der Waals surface area contributed by atoms with E-state index in [0.717, 1.165) is 25.7 Å². The summed E-state index contributed by atoms with van der Waals surface area (Å²) in [5.41, 5.74) is 0. The van der Waals surface area contributed by atoms with E-state index >= 15 is 0 Å². The van der Waals surface area contributed by atoms with Gasteiger partial charge < -0.3 is 5.11 Å². The second kappa shape index (κ2) is 7.25. The Bertz CT molecular complexity index is 294. The minimum absolute atomic E-state index is 0.145. The third-order valence-corrected chi connectivity index (χ3v) is 3.50. The van der Waals surface area contributed by atoms with Crippen LogP contribution in [0, 0.1) is 11.8 Å². The van der Waals surface area contributed by atoms with Gasteiger partial charge in [0.1, 0.15) is 5.78 Å². The van der Waals surface area contributed by atoms with Crippen molar-refractivity contribution in [2.45, 2.75) is 51.9 Å². The van der Waals surface area contributed by atoms with Gasteiger partial charge in [0.05, 0.1) is 0 Å². The second-order valence-electron chi connectivity index (χ2n) is 4.77. The van der Waals surface area contributed by atoms with Gasteiger partial charge in [-0.1, -0.05) is 19.1 Å². The molecule has 0 spiro atoms. The van der Waals surface area contributed by atoms with Gasteiger partial charge in [0.25, 0.3) is 0 Å². The van der Waals surface area contributed by atoms with Crippen LogP contribution in [0.3, 0.4) is 0 Å². The normalized spacial score (nSPS) is 24.6. The van der Waals surface area contributed by atoms with Crippen LogP contribution in [-0.2, 0) is 9.59 Å². The Kier molecular flexibility index (Phi) is 5.95. The molecule has 96 valence electrons. The average molecular weight is 238 g/mol. The zero-order chi connectivity index (χ0) is 12.7. The van der Waals surface area contributed by atoms with Gasteiger partial charge in [-0.05, 0) is 38.0 Å². The third-order valence-electron chi connectivity index (χ3n) is 3.50. The molecule has 0 radical (unpaired) electrons.